The third kappa shape index (κ3) is 2.83. The van der Waals surface area contributed by atoms with Crippen molar-refractivity contribution in [3.05, 3.63) is 57.5 Å². The molecule has 0 saturated heterocycles. The molecule has 0 aliphatic heterocycles. The fourth-order valence-electron chi connectivity index (χ4n) is 2.62. The molecule has 2 rings (SSSR count). The second-order valence-electron chi connectivity index (χ2n) is 5.30. The molecule has 2 nitrogen and oxygen atoms in total. The number of hydrogen-bond donors (Lipinski definition) is 1. The fourth-order valence-corrected chi connectivity index (χ4v) is 2.62. The first-order valence-electron chi connectivity index (χ1n) is 6.62. The minimum atomic E-state index is -4.34. The average molecular weight is 297 g/mol. The zero-order chi connectivity index (χ0) is 15.9. The summed E-state index contributed by atoms with van der Waals surface area (Å²) in [7, 11) is 0. The van der Waals surface area contributed by atoms with E-state index in [9.17, 15) is 13.2 Å². The highest BCUT2D eigenvalue weighted by Crippen LogP contribution is 2.34. The van der Waals surface area contributed by atoms with Crippen LogP contribution in [0.2, 0.25) is 0 Å². The maximum atomic E-state index is 12.7. The molecule has 21 heavy (non-hydrogen) atoms. The summed E-state index contributed by atoms with van der Waals surface area (Å²) in [5, 5.41) is 0. The second kappa shape index (κ2) is 5.22. The van der Waals surface area contributed by atoms with Gasteiger partial charge in [-0.2, -0.15) is 13.2 Å². The first-order valence-corrected chi connectivity index (χ1v) is 6.62. The van der Waals surface area contributed by atoms with E-state index in [4.69, 9.17) is 10.2 Å². The van der Waals surface area contributed by atoms with Crippen LogP contribution in [0.5, 0.6) is 0 Å². The SMILES string of the molecule is Cc1cc(C(F)(F)F)ccc1C(N)c1c(C)oc(C)c1C. The zero-order valence-corrected chi connectivity index (χ0v) is 12.4. The van der Waals surface area contributed by atoms with Gasteiger partial charge in [0.05, 0.1) is 11.6 Å². The summed E-state index contributed by atoms with van der Waals surface area (Å²) >= 11 is 0. The lowest BCUT2D eigenvalue weighted by Crippen LogP contribution is -2.16. The summed E-state index contributed by atoms with van der Waals surface area (Å²) in [6, 6.07) is 3.15. The third-order valence-electron chi connectivity index (χ3n) is 3.86. The second-order valence-corrected chi connectivity index (χ2v) is 5.30. The van der Waals surface area contributed by atoms with Crippen LogP contribution >= 0.6 is 0 Å². The van der Waals surface area contributed by atoms with Crippen molar-refractivity contribution in [3.63, 3.8) is 0 Å². The van der Waals surface area contributed by atoms with E-state index in [1.54, 1.807) is 6.92 Å². The molecule has 0 radical (unpaired) electrons. The van der Waals surface area contributed by atoms with E-state index in [0.717, 1.165) is 29.0 Å². The summed E-state index contributed by atoms with van der Waals surface area (Å²) < 4.78 is 43.7. The minimum Gasteiger partial charge on any atom is -0.466 e. The Morgan fingerprint density at radius 1 is 1.05 bits per heavy atom. The predicted octanol–water partition coefficient (Wildman–Crippen LogP) is 4.58. The molecule has 1 aromatic heterocycles. The number of alkyl halides is 3. The Hall–Kier alpha value is -1.75. The first kappa shape index (κ1) is 15.6. The molecule has 0 aliphatic carbocycles. The Morgan fingerprint density at radius 2 is 1.67 bits per heavy atom. The van der Waals surface area contributed by atoms with Crippen LogP contribution in [-0.4, -0.2) is 0 Å². The molecule has 0 spiro atoms. The van der Waals surface area contributed by atoms with Crippen molar-refractivity contribution in [1.29, 1.82) is 0 Å². The highest BCUT2D eigenvalue weighted by atomic mass is 19.4. The molecular formula is C16H18F3NO. The Balaban J connectivity index is 2.47. The van der Waals surface area contributed by atoms with Gasteiger partial charge in [-0.1, -0.05) is 6.07 Å². The summed E-state index contributed by atoms with van der Waals surface area (Å²) in [5.74, 6) is 1.49. The molecule has 1 heterocycles. The molecule has 114 valence electrons. The van der Waals surface area contributed by atoms with Crippen LogP contribution in [-0.2, 0) is 6.18 Å². The number of nitrogens with two attached hydrogens (primary N) is 1. The number of hydrogen-bond acceptors (Lipinski definition) is 2. The van der Waals surface area contributed by atoms with Crippen molar-refractivity contribution in [2.24, 2.45) is 5.73 Å². The van der Waals surface area contributed by atoms with Crippen molar-refractivity contribution in [2.45, 2.75) is 39.9 Å². The van der Waals surface area contributed by atoms with Crippen molar-refractivity contribution in [3.8, 4) is 0 Å². The van der Waals surface area contributed by atoms with Gasteiger partial charge in [0.1, 0.15) is 11.5 Å². The molecule has 0 bridgehead atoms. The predicted molar refractivity (Wildman–Crippen MR) is 75.1 cm³/mol. The smallest absolute Gasteiger partial charge is 0.416 e. The van der Waals surface area contributed by atoms with E-state index in [1.165, 1.54) is 6.07 Å². The third-order valence-corrected chi connectivity index (χ3v) is 3.86. The van der Waals surface area contributed by atoms with Gasteiger partial charge in [0.2, 0.25) is 0 Å². The fraction of sp³-hybridized carbons (Fsp3) is 0.375. The van der Waals surface area contributed by atoms with Crippen LogP contribution in [0.4, 0.5) is 13.2 Å². The van der Waals surface area contributed by atoms with E-state index in [2.05, 4.69) is 0 Å². The maximum absolute atomic E-state index is 12.7. The monoisotopic (exact) mass is 297 g/mol. The van der Waals surface area contributed by atoms with Crippen LogP contribution in [0.1, 0.15) is 45.4 Å². The first-order chi connectivity index (χ1) is 9.62. The molecule has 1 unspecified atom stereocenters. The lowest BCUT2D eigenvalue weighted by Gasteiger charge is -2.17. The number of halogens is 3. The van der Waals surface area contributed by atoms with Gasteiger partial charge in [0.25, 0.3) is 0 Å². The Labute approximate surface area is 121 Å². The number of rotatable bonds is 2. The van der Waals surface area contributed by atoms with Crippen molar-refractivity contribution >= 4 is 0 Å². The molecule has 0 fully saturated rings. The highest BCUT2D eigenvalue weighted by molar-refractivity contribution is 5.44. The molecule has 2 N–H and O–H groups in total. The highest BCUT2D eigenvalue weighted by Gasteiger charge is 2.31. The summed E-state index contributed by atoms with van der Waals surface area (Å²) in [5.41, 5.74) is 8.58. The van der Waals surface area contributed by atoms with E-state index in [0.29, 0.717) is 16.9 Å². The van der Waals surface area contributed by atoms with Crippen LogP contribution in [0.15, 0.2) is 22.6 Å². The van der Waals surface area contributed by atoms with Gasteiger partial charge in [0.15, 0.2) is 0 Å². The Kier molecular flexibility index (Phi) is 3.89. The molecule has 0 saturated carbocycles. The van der Waals surface area contributed by atoms with Gasteiger partial charge < -0.3 is 10.2 Å². The van der Waals surface area contributed by atoms with Crippen molar-refractivity contribution in [2.75, 3.05) is 0 Å². The zero-order valence-electron chi connectivity index (χ0n) is 12.4. The van der Waals surface area contributed by atoms with E-state index in [-0.39, 0.29) is 0 Å². The van der Waals surface area contributed by atoms with Crippen LogP contribution < -0.4 is 5.73 Å². The van der Waals surface area contributed by atoms with Gasteiger partial charge in [-0.25, -0.2) is 0 Å². The van der Waals surface area contributed by atoms with Crippen LogP contribution in [0.3, 0.4) is 0 Å². The summed E-state index contributed by atoms with van der Waals surface area (Å²) in [6.07, 6.45) is -4.34. The van der Waals surface area contributed by atoms with E-state index >= 15 is 0 Å². The molecule has 5 heteroatoms. The van der Waals surface area contributed by atoms with Crippen LogP contribution in [0.25, 0.3) is 0 Å². The summed E-state index contributed by atoms with van der Waals surface area (Å²) in [6.45, 7) is 7.20. The van der Waals surface area contributed by atoms with Gasteiger partial charge >= 0.3 is 6.18 Å². The molecule has 1 atom stereocenters. The van der Waals surface area contributed by atoms with Gasteiger partial charge in [-0.15, -0.1) is 0 Å². The molecule has 0 amide bonds. The van der Waals surface area contributed by atoms with Gasteiger partial charge in [-0.3, -0.25) is 0 Å². The largest absolute Gasteiger partial charge is 0.466 e. The van der Waals surface area contributed by atoms with Crippen molar-refractivity contribution < 1.29 is 17.6 Å². The topological polar surface area (TPSA) is 39.2 Å². The lowest BCUT2D eigenvalue weighted by molar-refractivity contribution is -0.137. The van der Waals surface area contributed by atoms with Crippen LogP contribution in [0, 0.1) is 27.7 Å². The standard InChI is InChI=1S/C16H18F3NO/c1-8-7-12(16(17,18)19)5-6-13(8)15(20)14-9(2)10(3)21-11(14)4/h5-7,15H,20H2,1-4H3. The number of aryl methyl sites for hydroxylation is 3. The normalized spacial score (nSPS) is 13.5. The van der Waals surface area contributed by atoms with E-state index in [1.807, 2.05) is 20.8 Å². The number of furan rings is 1. The van der Waals surface area contributed by atoms with Gasteiger partial charge in [0, 0.05) is 5.56 Å². The Bertz CT molecular complexity index is 671. The number of benzene rings is 1. The average Bonchev–Trinajstić information content (AvgIpc) is 2.61. The van der Waals surface area contributed by atoms with Gasteiger partial charge in [-0.05, 0) is 56.5 Å². The summed E-state index contributed by atoms with van der Waals surface area (Å²) in [4.78, 5) is 0. The van der Waals surface area contributed by atoms with Crippen molar-refractivity contribution in [1.82, 2.24) is 0 Å². The lowest BCUT2D eigenvalue weighted by atomic mass is 9.92. The quantitative estimate of drug-likeness (QED) is 0.881. The minimum absolute atomic E-state index is 0.496. The Morgan fingerprint density at radius 3 is 2.10 bits per heavy atom. The maximum Gasteiger partial charge on any atom is 0.416 e. The molecule has 1 aromatic carbocycles. The molecule has 0 aliphatic rings. The van der Waals surface area contributed by atoms with E-state index < -0.39 is 17.8 Å². The molecule has 2 aromatic rings. The molecular weight excluding hydrogens is 279 g/mol.